The largest absolute Gasteiger partial charge is 0.463 e. The second kappa shape index (κ2) is 19.2. The van der Waals surface area contributed by atoms with Crippen molar-refractivity contribution in [3.8, 4) is 0 Å². The van der Waals surface area contributed by atoms with Crippen molar-refractivity contribution in [1.29, 1.82) is 0 Å². The number of hydrogen-bond donors (Lipinski definition) is 1. The lowest BCUT2D eigenvalue weighted by Gasteiger charge is -2.33. The smallest absolute Gasteiger partial charge is 0.431 e. The van der Waals surface area contributed by atoms with Crippen LogP contribution in [-0.2, 0) is 14.3 Å². The third-order valence-electron chi connectivity index (χ3n) is 5.76. The van der Waals surface area contributed by atoms with Crippen LogP contribution in [0.4, 0.5) is 87.8 Å². The number of ether oxygens (including phenoxy) is 1. The van der Waals surface area contributed by atoms with E-state index in [2.05, 4.69) is 17.9 Å². The molecule has 0 rings (SSSR count). The summed E-state index contributed by atoms with van der Waals surface area (Å²) < 4.78 is 253. The van der Waals surface area contributed by atoms with E-state index in [4.69, 9.17) is 16.7 Å². The molecule has 0 saturated carbocycles. The third-order valence-corrected chi connectivity index (χ3v) is 5.91. The van der Waals surface area contributed by atoms with Crippen molar-refractivity contribution in [2.45, 2.75) is 86.9 Å². The van der Waals surface area contributed by atoms with Crippen LogP contribution in [0.1, 0.15) is 38.5 Å². The van der Waals surface area contributed by atoms with Crippen molar-refractivity contribution in [1.82, 2.24) is 0 Å². The van der Waals surface area contributed by atoms with Crippen LogP contribution in [0, 0.1) is 11.8 Å². The van der Waals surface area contributed by atoms with Gasteiger partial charge >= 0.3 is 43.0 Å². The number of esters is 1. The SMILES string of the molecule is C=CC(=O)Cl.C=CC(=O)OCCCC(CC(F)(C(F)(F)F)C(F)(F)F)C(F)(F)F.OCCCC(CC(F)(C(F)(F)F)C(F)(F)F)C(F)(F)F. The highest BCUT2D eigenvalue weighted by Gasteiger charge is 2.74. The van der Waals surface area contributed by atoms with Gasteiger partial charge < -0.3 is 9.84 Å². The molecule has 2 unspecified atom stereocenters. The lowest BCUT2D eigenvalue weighted by molar-refractivity contribution is -0.353. The molecule has 49 heavy (non-hydrogen) atoms. The molecule has 0 aliphatic rings. The number of rotatable bonds is 13. The monoisotopic (exact) mass is 792 g/mol. The Kier molecular flexibility index (Phi) is 19.9. The van der Waals surface area contributed by atoms with Crippen molar-refractivity contribution in [2.75, 3.05) is 13.2 Å². The van der Waals surface area contributed by atoms with Crippen LogP contribution in [-0.4, -0.2) is 77.9 Å². The molecule has 4 nitrogen and oxygen atoms in total. The molecule has 0 aromatic carbocycles. The summed E-state index contributed by atoms with van der Waals surface area (Å²) in [5, 5.41) is 7.78. The van der Waals surface area contributed by atoms with Gasteiger partial charge in [-0.25, -0.2) is 13.6 Å². The molecule has 2 atom stereocenters. The van der Waals surface area contributed by atoms with Crippen LogP contribution in [0.15, 0.2) is 25.3 Å². The predicted molar refractivity (Wildman–Crippen MR) is 128 cm³/mol. The van der Waals surface area contributed by atoms with Crippen LogP contribution in [0.2, 0.25) is 0 Å². The molecule has 1 N–H and O–H groups in total. The van der Waals surface area contributed by atoms with E-state index < -0.39 is 123 Å². The summed E-state index contributed by atoms with van der Waals surface area (Å²) in [6.07, 6.45) is -45.0. The molecular weight excluding hydrogens is 768 g/mol. The molecule has 0 aromatic heterocycles. The van der Waals surface area contributed by atoms with Crippen LogP contribution in [0.3, 0.4) is 0 Å². The first-order valence-corrected chi connectivity index (χ1v) is 12.9. The maximum Gasteiger partial charge on any atom is 0.431 e. The second-order valence-corrected chi connectivity index (χ2v) is 9.74. The van der Waals surface area contributed by atoms with Gasteiger partial charge in [-0.1, -0.05) is 13.2 Å². The van der Waals surface area contributed by atoms with Crippen molar-refractivity contribution >= 4 is 22.8 Å². The van der Waals surface area contributed by atoms with Crippen LogP contribution in [0.25, 0.3) is 0 Å². The quantitative estimate of drug-likeness (QED) is 0.0664. The molecule has 0 aromatic rings. The summed E-state index contributed by atoms with van der Waals surface area (Å²) in [4.78, 5) is 20.1. The normalized spacial score (nSPS) is 14.7. The van der Waals surface area contributed by atoms with Gasteiger partial charge in [-0.05, 0) is 43.4 Å². The molecule has 0 radical (unpaired) electrons. The van der Waals surface area contributed by atoms with Crippen LogP contribution >= 0.6 is 11.6 Å². The van der Waals surface area contributed by atoms with Crippen LogP contribution < -0.4 is 0 Å². The van der Waals surface area contributed by atoms with E-state index in [-0.39, 0.29) is 0 Å². The summed E-state index contributed by atoms with van der Waals surface area (Å²) in [6.45, 7) is 4.47. The first-order chi connectivity index (χ1) is 21.5. The first-order valence-electron chi connectivity index (χ1n) is 12.5. The summed E-state index contributed by atoms with van der Waals surface area (Å²) >= 11 is 4.71. The predicted octanol–water partition coefficient (Wildman–Crippen LogP) is 10.00. The topological polar surface area (TPSA) is 63.6 Å². The third kappa shape index (κ3) is 17.3. The molecule has 0 heterocycles. The Morgan fingerprint density at radius 3 is 1.08 bits per heavy atom. The zero-order chi connectivity index (χ0) is 40.1. The van der Waals surface area contributed by atoms with E-state index >= 15 is 0 Å². The Morgan fingerprint density at radius 2 is 0.878 bits per heavy atom. The van der Waals surface area contributed by atoms with Gasteiger partial charge in [-0.15, -0.1) is 0 Å². The summed E-state index contributed by atoms with van der Waals surface area (Å²) in [5.74, 6) is -7.43. The fourth-order valence-corrected chi connectivity index (χ4v) is 3.13. The minimum absolute atomic E-state index is 0.509. The number of alkyl halides is 20. The number of carbonyl (C=O) groups excluding carboxylic acids is 2. The minimum Gasteiger partial charge on any atom is -0.463 e. The Hall–Kier alpha value is -2.53. The summed E-state index contributed by atoms with van der Waals surface area (Å²) in [5.41, 5.74) is -12.0. The van der Waals surface area contributed by atoms with Gasteiger partial charge in [-0.3, -0.25) is 4.79 Å². The fraction of sp³-hybridized carbons (Fsp3) is 0.750. The molecule has 0 fully saturated rings. The van der Waals surface area contributed by atoms with Crippen molar-refractivity contribution in [3.05, 3.63) is 25.3 Å². The molecule has 0 amide bonds. The van der Waals surface area contributed by atoms with Gasteiger partial charge in [0.1, 0.15) is 0 Å². The number of aliphatic hydroxyl groups is 1. The lowest BCUT2D eigenvalue weighted by Crippen LogP contribution is -2.55. The number of halogens is 21. The van der Waals surface area contributed by atoms with Crippen LogP contribution in [0.5, 0.6) is 0 Å². The maximum atomic E-state index is 13.4. The standard InChI is InChI=1S/C12H12F10O2.C9H10F10O.C3H3ClO/c1-2-8(23)24-5-3-4-7(10(14,15)16)6-9(13,11(17,18)19)12(20,21)22;10-6(8(14,15)16,9(17,18)19)4-5(2-1-3-20)7(11,12)13;1-2-3(4)5/h2,7H,1,3-6H2;5,20H,1-4H2;2H,1H2. The highest BCUT2D eigenvalue weighted by Crippen LogP contribution is 2.53. The summed E-state index contributed by atoms with van der Waals surface area (Å²) in [6, 6.07) is 0. The van der Waals surface area contributed by atoms with Gasteiger partial charge in [0.15, 0.2) is 0 Å². The van der Waals surface area contributed by atoms with Gasteiger partial charge in [0.25, 0.3) is 11.3 Å². The Balaban J connectivity index is -0.000000766. The van der Waals surface area contributed by atoms with Gasteiger partial charge in [0.05, 0.1) is 18.4 Å². The zero-order valence-electron chi connectivity index (χ0n) is 24.0. The molecule has 0 spiro atoms. The molecule has 292 valence electrons. The van der Waals surface area contributed by atoms with E-state index in [0.29, 0.717) is 6.08 Å². The number of carbonyl (C=O) groups is 2. The van der Waals surface area contributed by atoms with Gasteiger partial charge in [0.2, 0.25) is 5.24 Å². The van der Waals surface area contributed by atoms with Gasteiger partial charge in [-0.2, -0.15) is 79.0 Å². The average Bonchev–Trinajstić information content (AvgIpc) is 2.89. The molecule has 0 aliphatic heterocycles. The van der Waals surface area contributed by atoms with E-state index in [1.807, 2.05) is 0 Å². The molecule has 0 aliphatic carbocycles. The molecule has 0 saturated heterocycles. The second-order valence-electron chi connectivity index (χ2n) is 9.37. The lowest BCUT2D eigenvalue weighted by atomic mass is 9.87. The Labute approximate surface area is 268 Å². The van der Waals surface area contributed by atoms with E-state index in [1.54, 1.807) is 0 Å². The Morgan fingerprint density at radius 1 is 0.592 bits per heavy atom. The molecule has 0 bridgehead atoms. The van der Waals surface area contributed by atoms with E-state index in [1.165, 1.54) is 0 Å². The highest BCUT2D eigenvalue weighted by molar-refractivity contribution is 6.66. The summed E-state index contributed by atoms with van der Waals surface area (Å²) in [7, 11) is 0. The van der Waals surface area contributed by atoms with Gasteiger partial charge in [0, 0.05) is 25.5 Å². The maximum absolute atomic E-state index is 13.4. The molecule has 25 heteroatoms. The van der Waals surface area contributed by atoms with Crippen molar-refractivity contribution in [2.24, 2.45) is 11.8 Å². The highest BCUT2D eigenvalue weighted by atomic mass is 35.5. The van der Waals surface area contributed by atoms with Crippen molar-refractivity contribution < 1.29 is 107 Å². The number of hydrogen-bond acceptors (Lipinski definition) is 4. The van der Waals surface area contributed by atoms with Crippen molar-refractivity contribution in [3.63, 3.8) is 0 Å². The molecular formula is C24H25ClF20O4. The van der Waals surface area contributed by atoms with E-state index in [0.717, 1.165) is 6.08 Å². The first kappa shape index (κ1) is 50.8. The average molecular weight is 793 g/mol. The fourth-order valence-electron chi connectivity index (χ4n) is 3.13. The number of allylic oxidation sites excluding steroid dienone is 1. The Bertz CT molecular complexity index is 997. The number of aliphatic hydroxyl groups excluding tert-OH is 1. The zero-order valence-corrected chi connectivity index (χ0v) is 24.7. The van der Waals surface area contributed by atoms with E-state index in [9.17, 15) is 97.4 Å². The minimum atomic E-state index is -6.57.